The summed E-state index contributed by atoms with van der Waals surface area (Å²) in [7, 11) is 3.94. The van der Waals surface area contributed by atoms with E-state index in [9.17, 15) is 4.79 Å². The van der Waals surface area contributed by atoms with Crippen LogP contribution in [0.15, 0.2) is 24.3 Å². The van der Waals surface area contributed by atoms with E-state index in [1.54, 1.807) is 0 Å². The molecule has 0 heterocycles. The molecule has 1 aromatic carbocycles. The third-order valence-electron chi connectivity index (χ3n) is 3.80. The van der Waals surface area contributed by atoms with Crippen LogP contribution in [-0.4, -0.2) is 31.9 Å². The minimum atomic E-state index is 0.00529. The maximum absolute atomic E-state index is 12.3. The number of carbonyl (C=O) groups excluding carboxylic acids is 1. The van der Waals surface area contributed by atoms with E-state index >= 15 is 0 Å². The number of nitrogens with one attached hydrogen (secondary N) is 1. The first-order valence-electron chi connectivity index (χ1n) is 6.76. The predicted molar refractivity (Wildman–Crippen MR) is 80.1 cm³/mol. The number of amides is 1. The summed E-state index contributed by atoms with van der Waals surface area (Å²) < 4.78 is 0. The van der Waals surface area contributed by atoms with Gasteiger partial charge in [-0.25, -0.2) is 0 Å². The topological polar surface area (TPSA) is 32.3 Å². The van der Waals surface area contributed by atoms with Crippen LogP contribution in [0.1, 0.15) is 29.6 Å². The second-order valence-corrected chi connectivity index (χ2v) is 5.68. The minimum Gasteiger partial charge on any atom is -0.378 e. The molecule has 1 aliphatic rings. The Kier molecular flexibility index (Phi) is 4.70. The molecule has 1 aliphatic carbocycles. The first-order chi connectivity index (χ1) is 9.11. The Morgan fingerprint density at radius 3 is 2.89 bits per heavy atom. The van der Waals surface area contributed by atoms with Gasteiger partial charge < -0.3 is 10.2 Å². The maximum Gasteiger partial charge on any atom is 0.251 e. The molecule has 1 N–H and O–H groups in total. The van der Waals surface area contributed by atoms with Gasteiger partial charge in [-0.05, 0) is 37.0 Å². The SMILES string of the molecule is CN(C)c1cccc(C(=O)NC2CCCC2CCl)c1. The van der Waals surface area contributed by atoms with Crippen molar-refractivity contribution in [1.29, 1.82) is 0 Å². The lowest BCUT2D eigenvalue weighted by Crippen LogP contribution is -2.38. The summed E-state index contributed by atoms with van der Waals surface area (Å²) in [6, 6.07) is 7.91. The van der Waals surface area contributed by atoms with Crippen LogP contribution in [0.4, 0.5) is 5.69 Å². The number of anilines is 1. The Hall–Kier alpha value is -1.22. The largest absolute Gasteiger partial charge is 0.378 e. The molecule has 0 radical (unpaired) electrons. The maximum atomic E-state index is 12.3. The van der Waals surface area contributed by atoms with E-state index in [0.717, 1.165) is 24.9 Å². The van der Waals surface area contributed by atoms with Gasteiger partial charge in [0.25, 0.3) is 5.91 Å². The number of hydrogen-bond donors (Lipinski definition) is 1. The third kappa shape index (κ3) is 3.41. The van der Waals surface area contributed by atoms with Crippen LogP contribution < -0.4 is 10.2 Å². The molecule has 0 saturated heterocycles. The van der Waals surface area contributed by atoms with Crippen molar-refractivity contribution in [2.24, 2.45) is 5.92 Å². The lowest BCUT2D eigenvalue weighted by Gasteiger charge is -2.19. The molecule has 1 aromatic rings. The van der Waals surface area contributed by atoms with Gasteiger partial charge in [-0.2, -0.15) is 0 Å². The highest BCUT2D eigenvalue weighted by atomic mass is 35.5. The number of alkyl halides is 1. The van der Waals surface area contributed by atoms with Gasteiger partial charge in [0.2, 0.25) is 0 Å². The van der Waals surface area contributed by atoms with Crippen LogP contribution in [0.2, 0.25) is 0 Å². The molecule has 0 aliphatic heterocycles. The number of hydrogen-bond acceptors (Lipinski definition) is 2. The van der Waals surface area contributed by atoms with Crippen LogP contribution in [0, 0.1) is 5.92 Å². The predicted octanol–water partition coefficient (Wildman–Crippen LogP) is 2.89. The second-order valence-electron chi connectivity index (χ2n) is 5.37. The number of benzene rings is 1. The van der Waals surface area contributed by atoms with E-state index in [1.807, 2.05) is 43.3 Å². The Morgan fingerprint density at radius 2 is 2.21 bits per heavy atom. The number of halogens is 1. The van der Waals surface area contributed by atoms with E-state index < -0.39 is 0 Å². The van der Waals surface area contributed by atoms with Gasteiger partial charge in [-0.15, -0.1) is 11.6 Å². The minimum absolute atomic E-state index is 0.00529. The summed E-state index contributed by atoms with van der Waals surface area (Å²) in [6.45, 7) is 0. The van der Waals surface area contributed by atoms with Crippen LogP contribution in [0.3, 0.4) is 0 Å². The van der Waals surface area contributed by atoms with Crippen molar-refractivity contribution in [1.82, 2.24) is 5.32 Å². The number of nitrogens with zero attached hydrogens (tertiary/aromatic N) is 1. The lowest BCUT2D eigenvalue weighted by molar-refractivity contribution is 0.0930. The summed E-state index contributed by atoms with van der Waals surface area (Å²) in [6.07, 6.45) is 3.31. The molecular formula is C15H21ClN2O. The highest BCUT2D eigenvalue weighted by molar-refractivity contribution is 6.18. The van der Waals surface area contributed by atoms with Crippen LogP contribution in [0.25, 0.3) is 0 Å². The van der Waals surface area contributed by atoms with Gasteiger partial charge in [-0.3, -0.25) is 4.79 Å². The first kappa shape index (κ1) is 14.2. The zero-order valence-corrected chi connectivity index (χ0v) is 12.3. The van der Waals surface area contributed by atoms with E-state index in [1.165, 1.54) is 0 Å². The molecule has 1 saturated carbocycles. The van der Waals surface area contributed by atoms with E-state index in [0.29, 0.717) is 17.4 Å². The van der Waals surface area contributed by atoms with Crippen LogP contribution in [0.5, 0.6) is 0 Å². The van der Waals surface area contributed by atoms with Crippen molar-refractivity contribution < 1.29 is 4.79 Å². The summed E-state index contributed by atoms with van der Waals surface area (Å²) in [5.41, 5.74) is 1.75. The molecule has 1 amide bonds. The standard InChI is InChI=1S/C15H21ClN2O/c1-18(2)13-7-3-5-11(9-13)15(19)17-14-8-4-6-12(14)10-16/h3,5,7,9,12,14H,4,6,8,10H2,1-2H3,(H,17,19). The van der Waals surface area contributed by atoms with E-state index in [4.69, 9.17) is 11.6 Å². The Balaban J connectivity index is 2.05. The molecule has 4 heteroatoms. The molecule has 0 aromatic heterocycles. The molecule has 0 spiro atoms. The normalized spacial score (nSPS) is 22.3. The summed E-state index contributed by atoms with van der Waals surface area (Å²) in [5.74, 6) is 1.05. The average Bonchev–Trinajstić information content (AvgIpc) is 2.86. The molecule has 2 unspecified atom stereocenters. The van der Waals surface area contributed by atoms with Gasteiger partial charge in [-0.1, -0.05) is 12.5 Å². The van der Waals surface area contributed by atoms with Gasteiger partial charge in [0.05, 0.1) is 0 Å². The molecule has 0 bridgehead atoms. The quantitative estimate of drug-likeness (QED) is 0.860. The fourth-order valence-corrected chi connectivity index (χ4v) is 2.96. The summed E-state index contributed by atoms with van der Waals surface area (Å²) in [4.78, 5) is 14.3. The molecule has 104 valence electrons. The van der Waals surface area contributed by atoms with Gasteiger partial charge in [0, 0.05) is 37.3 Å². The Labute approximate surface area is 119 Å². The third-order valence-corrected chi connectivity index (χ3v) is 4.19. The summed E-state index contributed by atoms with van der Waals surface area (Å²) >= 11 is 5.94. The van der Waals surface area contributed by atoms with Crippen LogP contribution >= 0.6 is 11.6 Å². The molecule has 2 atom stereocenters. The first-order valence-corrected chi connectivity index (χ1v) is 7.29. The van der Waals surface area contributed by atoms with Crippen molar-refractivity contribution in [3.63, 3.8) is 0 Å². The van der Waals surface area contributed by atoms with Crippen molar-refractivity contribution in [3.8, 4) is 0 Å². The van der Waals surface area contributed by atoms with Gasteiger partial charge in [0.1, 0.15) is 0 Å². The average molecular weight is 281 g/mol. The van der Waals surface area contributed by atoms with E-state index in [-0.39, 0.29) is 11.9 Å². The molecule has 3 nitrogen and oxygen atoms in total. The fourth-order valence-electron chi connectivity index (χ4n) is 2.59. The van der Waals surface area contributed by atoms with Crippen molar-refractivity contribution >= 4 is 23.2 Å². The zero-order chi connectivity index (χ0) is 13.8. The monoisotopic (exact) mass is 280 g/mol. The van der Waals surface area contributed by atoms with E-state index in [2.05, 4.69) is 5.32 Å². The smallest absolute Gasteiger partial charge is 0.251 e. The summed E-state index contributed by atoms with van der Waals surface area (Å²) in [5, 5.41) is 3.12. The second kappa shape index (κ2) is 6.29. The Morgan fingerprint density at radius 1 is 1.42 bits per heavy atom. The molecule has 19 heavy (non-hydrogen) atoms. The van der Waals surface area contributed by atoms with Crippen molar-refractivity contribution in [2.45, 2.75) is 25.3 Å². The molecule has 2 rings (SSSR count). The van der Waals surface area contributed by atoms with Gasteiger partial charge in [0.15, 0.2) is 0 Å². The highest BCUT2D eigenvalue weighted by Crippen LogP contribution is 2.27. The van der Waals surface area contributed by atoms with Crippen molar-refractivity contribution in [2.75, 3.05) is 24.9 Å². The lowest BCUT2D eigenvalue weighted by atomic mass is 10.1. The number of carbonyl (C=O) groups is 1. The zero-order valence-electron chi connectivity index (χ0n) is 11.5. The van der Waals surface area contributed by atoms with Crippen molar-refractivity contribution in [3.05, 3.63) is 29.8 Å². The Bertz CT molecular complexity index is 448. The molecular weight excluding hydrogens is 260 g/mol. The fraction of sp³-hybridized carbons (Fsp3) is 0.533. The number of rotatable bonds is 4. The van der Waals surface area contributed by atoms with Crippen LogP contribution in [-0.2, 0) is 0 Å². The highest BCUT2D eigenvalue weighted by Gasteiger charge is 2.27. The molecule has 1 fully saturated rings. The van der Waals surface area contributed by atoms with Gasteiger partial charge >= 0.3 is 0 Å².